The molecule has 0 saturated carbocycles. The van der Waals surface area contributed by atoms with Gasteiger partial charge in [-0.05, 0) is 54.7 Å². The van der Waals surface area contributed by atoms with Gasteiger partial charge in [-0.1, -0.05) is 26.8 Å². The molecule has 0 amide bonds. The number of nitrogens with one attached hydrogen (secondary N) is 1. The van der Waals surface area contributed by atoms with Crippen LogP contribution in [0.2, 0.25) is 0 Å². The molecule has 3 heterocycles. The van der Waals surface area contributed by atoms with Gasteiger partial charge in [-0.3, -0.25) is 9.69 Å². The number of aromatic nitrogens is 1. The summed E-state index contributed by atoms with van der Waals surface area (Å²) in [5, 5.41) is 10.1. The van der Waals surface area contributed by atoms with Crippen LogP contribution in [-0.4, -0.2) is 61.1 Å². The Labute approximate surface area is 217 Å². The van der Waals surface area contributed by atoms with E-state index in [0.29, 0.717) is 40.4 Å². The lowest BCUT2D eigenvalue weighted by molar-refractivity contribution is 0.0115. The highest BCUT2D eigenvalue weighted by molar-refractivity contribution is 6.20. The van der Waals surface area contributed by atoms with Crippen LogP contribution in [0.25, 0.3) is 10.9 Å². The number of piperidine rings is 1. The molecule has 0 atom stereocenters. The van der Waals surface area contributed by atoms with Crippen LogP contribution in [0, 0.1) is 11.3 Å². The number of rotatable bonds is 3. The predicted octanol–water partition coefficient (Wildman–Crippen LogP) is 4.77. The highest BCUT2D eigenvalue weighted by Gasteiger charge is 2.40. The third kappa shape index (κ3) is 3.56. The van der Waals surface area contributed by atoms with Crippen LogP contribution in [-0.2, 0) is 16.6 Å². The number of nitriles is 1. The summed E-state index contributed by atoms with van der Waals surface area (Å²) < 4.78 is 30.8. The maximum absolute atomic E-state index is 14.0. The Morgan fingerprint density at radius 3 is 2.69 bits per heavy atom. The zero-order valence-electron chi connectivity index (χ0n) is 23.6. The number of benzene rings is 2. The molecular formula is C30H34N4O2. The number of carbonyl (C=O) groups excluding carboxylic acids is 1. The van der Waals surface area contributed by atoms with E-state index in [2.05, 4.69) is 26.9 Å². The maximum Gasteiger partial charge on any atom is 0.195 e. The Kier molecular flexibility index (Phi) is 4.86. The van der Waals surface area contributed by atoms with Crippen molar-refractivity contribution in [3.63, 3.8) is 0 Å². The fraction of sp³-hybridized carbons (Fsp3) is 0.467. The molecule has 1 aliphatic carbocycles. The van der Waals surface area contributed by atoms with Crippen LogP contribution in [0.4, 0.5) is 5.69 Å². The summed E-state index contributed by atoms with van der Waals surface area (Å²) in [5.41, 5.74) is 4.62. The minimum Gasteiger partial charge on any atom is -0.379 e. The van der Waals surface area contributed by atoms with E-state index in [1.807, 2.05) is 6.07 Å². The Balaban J connectivity index is 1.43. The van der Waals surface area contributed by atoms with Crippen molar-refractivity contribution in [2.45, 2.75) is 51.4 Å². The normalized spacial score (nSPS) is 21.4. The van der Waals surface area contributed by atoms with E-state index in [-0.39, 0.29) is 26.5 Å². The average Bonchev–Trinajstić information content (AvgIpc) is 3.38. The minimum absolute atomic E-state index is 0.0714. The van der Waals surface area contributed by atoms with E-state index in [4.69, 9.17) is 8.85 Å². The summed E-state index contributed by atoms with van der Waals surface area (Å²) in [4.78, 5) is 22.3. The molecule has 2 fully saturated rings. The van der Waals surface area contributed by atoms with Gasteiger partial charge in [0.25, 0.3) is 0 Å². The van der Waals surface area contributed by atoms with E-state index in [9.17, 15) is 10.1 Å². The van der Waals surface area contributed by atoms with Gasteiger partial charge in [0.05, 0.1) is 30.4 Å². The van der Waals surface area contributed by atoms with E-state index < -0.39 is 5.41 Å². The number of anilines is 1. The van der Waals surface area contributed by atoms with Gasteiger partial charge >= 0.3 is 0 Å². The SMILES string of the molecule is [2H]CCc1cc2c(cc1N1CCC(N3CCOCC3)CC1)C(C[2H])(C[2H])c1[nH]c3cc(C#N)ccc3c1C2=O. The molecular weight excluding hydrogens is 448 g/mol. The van der Waals surface area contributed by atoms with E-state index >= 15 is 0 Å². The number of aromatic amines is 1. The van der Waals surface area contributed by atoms with Gasteiger partial charge in [0, 0.05) is 69.6 Å². The number of fused-ring (bicyclic) bond motifs is 4. The number of morpholine rings is 1. The molecule has 1 N–H and O–H groups in total. The van der Waals surface area contributed by atoms with Crippen molar-refractivity contribution < 1.29 is 13.6 Å². The van der Waals surface area contributed by atoms with Crippen molar-refractivity contribution in [1.82, 2.24) is 9.88 Å². The molecule has 2 aliphatic heterocycles. The lowest BCUT2D eigenvalue weighted by Crippen LogP contribution is -2.49. The van der Waals surface area contributed by atoms with Crippen LogP contribution in [0.15, 0.2) is 30.3 Å². The highest BCUT2D eigenvalue weighted by atomic mass is 16.5. The summed E-state index contributed by atoms with van der Waals surface area (Å²) in [7, 11) is 0. The number of hydrogen-bond acceptors (Lipinski definition) is 5. The van der Waals surface area contributed by atoms with E-state index in [1.54, 1.807) is 18.2 Å². The number of carbonyl (C=O) groups is 1. The molecule has 0 spiro atoms. The first-order valence-corrected chi connectivity index (χ1v) is 12.8. The first-order chi connectivity index (χ1) is 19.0. The Morgan fingerprint density at radius 1 is 1.17 bits per heavy atom. The molecule has 0 unspecified atom stereocenters. The summed E-state index contributed by atoms with van der Waals surface area (Å²) in [6.45, 7) is 5.41. The van der Waals surface area contributed by atoms with Crippen LogP contribution < -0.4 is 4.90 Å². The third-order valence-electron chi connectivity index (χ3n) is 8.25. The van der Waals surface area contributed by atoms with Crippen molar-refractivity contribution in [2.75, 3.05) is 44.3 Å². The largest absolute Gasteiger partial charge is 0.379 e. The molecule has 186 valence electrons. The summed E-state index contributed by atoms with van der Waals surface area (Å²) in [5.74, 6) is -0.114. The van der Waals surface area contributed by atoms with Crippen LogP contribution in [0.5, 0.6) is 0 Å². The molecule has 2 saturated heterocycles. The average molecular weight is 486 g/mol. The summed E-state index contributed by atoms with van der Waals surface area (Å²) >= 11 is 0. The van der Waals surface area contributed by atoms with Crippen molar-refractivity contribution in [2.24, 2.45) is 0 Å². The monoisotopic (exact) mass is 485 g/mol. The quantitative estimate of drug-likeness (QED) is 0.578. The number of H-pyrrole nitrogens is 1. The molecule has 6 heteroatoms. The van der Waals surface area contributed by atoms with Crippen molar-refractivity contribution >= 4 is 22.4 Å². The first kappa shape index (κ1) is 20.0. The number of aryl methyl sites for hydroxylation is 1. The number of ether oxygens (including phenoxy) is 1. The lowest BCUT2D eigenvalue weighted by atomic mass is 9.70. The molecule has 3 aliphatic rings. The molecule has 3 aromatic rings. The smallest absolute Gasteiger partial charge is 0.195 e. The topological polar surface area (TPSA) is 72.4 Å². The minimum atomic E-state index is -0.981. The molecule has 36 heavy (non-hydrogen) atoms. The molecule has 1 aromatic heterocycles. The second-order valence-corrected chi connectivity index (χ2v) is 10.3. The zero-order valence-corrected chi connectivity index (χ0v) is 20.6. The Morgan fingerprint density at radius 2 is 1.97 bits per heavy atom. The second-order valence-electron chi connectivity index (χ2n) is 10.3. The second kappa shape index (κ2) is 8.76. The van der Waals surface area contributed by atoms with Crippen molar-refractivity contribution in [3.8, 4) is 6.07 Å². The van der Waals surface area contributed by atoms with Gasteiger partial charge in [0.15, 0.2) is 5.78 Å². The predicted molar refractivity (Wildman–Crippen MR) is 142 cm³/mol. The number of hydrogen-bond donors (Lipinski definition) is 1. The van der Waals surface area contributed by atoms with Crippen LogP contribution >= 0.6 is 0 Å². The molecule has 0 radical (unpaired) electrons. The lowest BCUT2D eigenvalue weighted by Gasteiger charge is -2.42. The van der Waals surface area contributed by atoms with Gasteiger partial charge < -0.3 is 14.6 Å². The van der Waals surface area contributed by atoms with Crippen molar-refractivity contribution in [3.05, 3.63) is 63.8 Å². The van der Waals surface area contributed by atoms with Crippen LogP contribution in [0.3, 0.4) is 0 Å². The Bertz CT molecular complexity index is 1440. The maximum atomic E-state index is 14.0. The number of nitrogens with zero attached hydrogens (tertiary/aromatic N) is 3. The molecule has 6 nitrogen and oxygen atoms in total. The Hall–Kier alpha value is -3.14. The fourth-order valence-corrected chi connectivity index (χ4v) is 6.26. The third-order valence-corrected chi connectivity index (χ3v) is 8.25. The molecule has 6 rings (SSSR count). The van der Waals surface area contributed by atoms with Gasteiger partial charge in [-0.25, -0.2) is 0 Å². The standard InChI is InChI=1S/C30H34N4O2/c1-4-20-16-23-24(17-26(20)34-9-7-21(8-10-34)33-11-13-36-14-12-33)30(2,3)29-27(28(23)35)22-6-5-19(18-31)15-25(22)32-29/h5-6,15-17,21,32H,4,7-14H2,1-3H3/i1D,2D,3D. The summed E-state index contributed by atoms with van der Waals surface area (Å²) in [6.07, 6.45) is 2.64. The zero-order chi connectivity index (χ0) is 27.1. The number of ketones is 1. The van der Waals surface area contributed by atoms with E-state index in [0.717, 1.165) is 74.4 Å². The molecule has 2 aromatic carbocycles. The van der Waals surface area contributed by atoms with Crippen LogP contribution in [0.1, 0.15) is 76.0 Å². The fourth-order valence-electron chi connectivity index (χ4n) is 6.26. The van der Waals surface area contributed by atoms with Gasteiger partial charge in [-0.15, -0.1) is 0 Å². The van der Waals surface area contributed by atoms with Gasteiger partial charge in [-0.2, -0.15) is 5.26 Å². The summed E-state index contributed by atoms with van der Waals surface area (Å²) in [6, 6.07) is 11.9. The highest BCUT2D eigenvalue weighted by Crippen LogP contribution is 2.46. The molecule has 0 bridgehead atoms. The van der Waals surface area contributed by atoms with Gasteiger partial charge in [0.1, 0.15) is 0 Å². The van der Waals surface area contributed by atoms with Gasteiger partial charge in [0.2, 0.25) is 0 Å². The first-order valence-electron chi connectivity index (χ1n) is 14.9. The van der Waals surface area contributed by atoms with Crippen molar-refractivity contribution in [1.29, 1.82) is 5.26 Å². The van der Waals surface area contributed by atoms with E-state index in [1.165, 1.54) is 0 Å².